The van der Waals surface area contributed by atoms with Gasteiger partial charge in [0.05, 0.1) is 133 Å². The van der Waals surface area contributed by atoms with E-state index in [0.717, 1.165) is 83.5 Å². The molecule has 0 aliphatic heterocycles. The number of anilines is 10. The minimum absolute atomic E-state index is 0.0803. The highest BCUT2D eigenvalue weighted by atomic mass is 35.5. The van der Waals surface area contributed by atoms with Crippen molar-refractivity contribution in [1.29, 1.82) is 5.26 Å². The Hall–Kier alpha value is -15.7. The van der Waals surface area contributed by atoms with Crippen LogP contribution in [-0.4, -0.2) is 101 Å². The molecule has 18 rings (SSSR count). The molecule has 0 unspecified atom stereocenters. The lowest BCUT2D eigenvalue weighted by atomic mass is 10.2. The number of pyridine rings is 3. The first-order valence-corrected chi connectivity index (χ1v) is 41.5. The average molecular weight is 2000 g/mol. The van der Waals surface area contributed by atoms with Crippen LogP contribution in [-0.2, 0) is 45.8 Å². The maximum absolute atomic E-state index is 14.0. The summed E-state index contributed by atoms with van der Waals surface area (Å²) in [6.07, 6.45) is -10.8. The van der Waals surface area contributed by atoms with E-state index in [4.69, 9.17) is 34.8 Å². The van der Waals surface area contributed by atoms with Crippen molar-refractivity contribution in [1.82, 2.24) is 88.1 Å². The maximum Gasteiger partial charge on any atom is 0.573 e. The summed E-state index contributed by atoms with van der Waals surface area (Å²) in [6, 6.07) is 40.3. The Kier molecular flexibility index (Phi) is 29.3. The Morgan fingerprint density at radius 3 is 1.22 bits per heavy atom. The number of alkyl halides is 17. The Labute approximate surface area is 788 Å². The summed E-state index contributed by atoms with van der Waals surface area (Å²) in [5.74, 6) is 1.59. The summed E-state index contributed by atoms with van der Waals surface area (Å²) in [6.45, 7) is 2.60. The van der Waals surface area contributed by atoms with Crippen molar-refractivity contribution in [3.63, 3.8) is 0 Å². The fourth-order valence-electron chi connectivity index (χ4n) is 13.6. The highest BCUT2D eigenvalue weighted by Gasteiger charge is 2.40. The molecular formula is C91H66Cl3F19N24O2. The maximum atomic E-state index is 14.0. The second-order valence-corrected chi connectivity index (χ2v) is 31.1. The summed E-state index contributed by atoms with van der Waals surface area (Å²) in [4.78, 5) is 42.6. The molecule has 26 nitrogen and oxygen atoms in total. The van der Waals surface area contributed by atoms with Gasteiger partial charge in [0.15, 0.2) is 5.69 Å². The molecule has 0 atom stereocenters. The van der Waals surface area contributed by atoms with Gasteiger partial charge in [0.2, 0.25) is 0 Å². The van der Waals surface area contributed by atoms with Gasteiger partial charge in [-0.3, -0.25) is 38.0 Å². The molecule has 0 saturated heterocycles. The molecule has 0 radical (unpaired) electrons. The number of hydrogen-bond donors (Lipinski definition) is 5. The van der Waals surface area contributed by atoms with E-state index in [9.17, 15) is 88.7 Å². The van der Waals surface area contributed by atoms with Crippen LogP contribution < -0.4 is 36.1 Å². The number of imidazole rings is 2. The van der Waals surface area contributed by atoms with Gasteiger partial charge in [-0.25, -0.2) is 43.7 Å². The molecule has 5 N–H and O–H groups in total. The van der Waals surface area contributed by atoms with Crippen molar-refractivity contribution < 1.29 is 92.9 Å². The summed E-state index contributed by atoms with van der Waals surface area (Å²) >= 11 is 18.7. The van der Waals surface area contributed by atoms with E-state index < -0.39 is 77.4 Å². The number of aromatic nitrogens is 18. The van der Waals surface area contributed by atoms with Gasteiger partial charge in [0.25, 0.3) is 0 Å². The zero-order chi connectivity index (χ0) is 99.9. The van der Waals surface area contributed by atoms with E-state index in [0.29, 0.717) is 123 Å². The standard InChI is InChI=1S/C23H15F4N5.C20H11F7N4.C16H13ClF3N5O.C16H13ClF3N5.C16H14ClF2N5O/c24-16-5-8-18-19(11-16)32(22(30-18)14-1-2-14)21-10-13(12-28)9-20(31-21)29-17-6-3-15(4-7-17)23(25,26)27;21-12-6-9-16-30-18(20(25,26)27)17(31(16)10-12)14-2-1-3-15(29-14)28-13-7-4-11(5-8-13)19(22,23)24;1-9-14(15(17)25(2)24-9)12-7-21-8-13(23-12)22-10-3-5-11(6-4-10)26-16(18,19)20;1-9-14(15(17)25(2)24-9)12-7-21-8-13(23-12)22-11-5-3-10(4-6-11)16(18,19)20;1-9-14(15(17)24(2)23-9)12-7-20-8-13(22-12)21-10-3-5-11(6-4-10)25-16(18)19/h3-11,14H,1-2H2,(H,29,31);1-10H,(H,28,29);3-8H,1-2H3,(H,22,23);3-8H,1-2H3,(H,22,23);3-8,16H,1-2H3,(H,21,22). The molecule has 0 amide bonds. The van der Waals surface area contributed by atoms with Gasteiger partial charge in [-0.2, -0.15) is 82.0 Å². The number of ether oxygens (including phenoxy) is 2. The number of hydrogen-bond acceptors (Lipinski definition) is 21. The second-order valence-electron chi connectivity index (χ2n) is 30.0. The van der Waals surface area contributed by atoms with Crippen molar-refractivity contribution in [3.05, 3.63) is 303 Å². The molecular weight excluding hydrogens is 1930 g/mol. The molecule has 11 heterocycles. The van der Waals surface area contributed by atoms with Crippen LogP contribution >= 0.6 is 34.8 Å². The number of nitrogens with zero attached hydrogens (tertiary/aromatic N) is 19. The number of nitrogens with one attached hydrogen (secondary N) is 5. The molecule has 6 aromatic carbocycles. The lowest BCUT2D eigenvalue weighted by molar-refractivity contribution is -0.274. The Morgan fingerprint density at radius 2 is 0.827 bits per heavy atom. The molecule has 48 heteroatoms. The first-order chi connectivity index (χ1) is 65.7. The third-order valence-electron chi connectivity index (χ3n) is 19.9. The molecule has 0 spiro atoms. The number of benzene rings is 6. The third-order valence-corrected chi connectivity index (χ3v) is 21.2. The summed E-state index contributed by atoms with van der Waals surface area (Å²) in [5.41, 5.74) is 5.27. The number of aryl methyl sites for hydroxylation is 6. The predicted octanol–water partition coefficient (Wildman–Crippen LogP) is 25.7. The van der Waals surface area contributed by atoms with Crippen molar-refractivity contribution in [2.45, 2.75) is 77.2 Å². The SMILES string of the molecule is Cc1nn(C)c(Cl)c1-c1cncc(Nc2ccc(C(F)(F)F)cc2)n1.Cc1nn(C)c(Cl)c1-c1cncc(Nc2ccc(OC(F)(F)F)cc2)n1.Cc1nn(C)c(Cl)c1-c1cncc(Nc2ccc(OC(F)F)cc2)n1.Fc1ccc2nc(C(F)(F)F)c(-c3cccc(Nc4ccc(C(F)(F)F)cc4)n3)n2c1.N#Cc1cc(Nc2ccc(C(F)(F)F)cc2)nc(-n2c(C3CC3)nc3ccc(F)cc32)c1. The highest BCUT2D eigenvalue weighted by Crippen LogP contribution is 2.44. The van der Waals surface area contributed by atoms with Crippen LogP contribution in [0.3, 0.4) is 0 Å². The van der Waals surface area contributed by atoms with Crippen LogP contribution in [0.15, 0.2) is 225 Å². The molecule has 1 fully saturated rings. The smallest absolute Gasteiger partial charge is 0.435 e. The Morgan fingerprint density at radius 1 is 0.424 bits per heavy atom. The van der Waals surface area contributed by atoms with E-state index in [1.54, 1.807) is 86.4 Å². The van der Waals surface area contributed by atoms with Crippen LogP contribution in [0.1, 0.15) is 69.6 Å². The van der Waals surface area contributed by atoms with Crippen LogP contribution in [0.5, 0.6) is 11.5 Å². The summed E-state index contributed by atoms with van der Waals surface area (Å²) in [7, 11) is 5.19. The van der Waals surface area contributed by atoms with Gasteiger partial charge in [0, 0.05) is 67.8 Å². The predicted molar refractivity (Wildman–Crippen MR) is 478 cm³/mol. The lowest BCUT2D eigenvalue weighted by Gasteiger charge is -2.13. The van der Waals surface area contributed by atoms with Gasteiger partial charge < -0.3 is 36.1 Å². The number of rotatable bonds is 19. The fourth-order valence-corrected chi connectivity index (χ4v) is 14.4. The van der Waals surface area contributed by atoms with Crippen LogP contribution in [0.4, 0.5) is 141 Å². The van der Waals surface area contributed by atoms with Gasteiger partial charge in [-0.1, -0.05) is 40.9 Å². The zero-order valence-electron chi connectivity index (χ0n) is 72.1. The van der Waals surface area contributed by atoms with Gasteiger partial charge in [-0.15, -0.1) is 13.2 Å². The number of fused-ring (bicyclic) bond motifs is 2. The van der Waals surface area contributed by atoms with Gasteiger partial charge >= 0.3 is 37.7 Å². The minimum Gasteiger partial charge on any atom is -0.435 e. The molecule has 1 saturated carbocycles. The number of nitriles is 1. The van der Waals surface area contributed by atoms with E-state index in [1.165, 1.54) is 131 Å². The van der Waals surface area contributed by atoms with Crippen molar-refractivity contribution >= 4 is 109 Å². The molecule has 139 heavy (non-hydrogen) atoms. The van der Waals surface area contributed by atoms with Crippen LogP contribution in [0.2, 0.25) is 15.5 Å². The van der Waals surface area contributed by atoms with E-state index in [1.807, 2.05) is 13.8 Å². The minimum atomic E-state index is -4.82. The van der Waals surface area contributed by atoms with Gasteiger partial charge in [-0.05, 0) is 203 Å². The van der Waals surface area contributed by atoms with Crippen molar-refractivity contribution in [2.24, 2.45) is 21.1 Å². The average Bonchev–Trinajstić information content (AvgIpc) is 1.61. The molecule has 1 aliphatic rings. The number of halogens is 22. The topological polar surface area (TPSA) is 294 Å². The molecule has 0 bridgehead atoms. The summed E-state index contributed by atoms with van der Waals surface area (Å²) < 4.78 is 259. The van der Waals surface area contributed by atoms with Crippen molar-refractivity contribution in [3.8, 4) is 68.5 Å². The van der Waals surface area contributed by atoms with Gasteiger partial charge in [0.1, 0.15) is 90.7 Å². The Balaban J connectivity index is 0.000000139. The van der Waals surface area contributed by atoms with E-state index >= 15 is 0 Å². The summed E-state index contributed by atoms with van der Waals surface area (Å²) in [5, 5.41) is 38.2. The van der Waals surface area contributed by atoms with E-state index in [2.05, 4.69) is 107 Å². The molecule has 11 aromatic heterocycles. The zero-order valence-corrected chi connectivity index (χ0v) is 74.3. The lowest BCUT2D eigenvalue weighted by Crippen LogP contribution is -2.16. The monoisotopic (exact) mass is 1990 g/mol. The fraction of sp³-hybridized carbons (Fsp3) is 0.165. The first-order valence-electron chi connectivity index (χ1n) is 40.4. The van der Waals surface area contributed by atoms with Crippen LogP contribution in [0.25, 0.3) is 67.7 Å². The van der Waals surface area contributed by atoms with E-state index in [-0.39, 0.29) is 46.1 Å². The highest BCUT2D eigenvalue weighted by molar-refractivity contribution is 6.33. The third kappa shape index (κ3) is 24.9. The van der Waals surface area contributed by atoms with Crippen LogP contribution in [0, 0.1) is 43.7 Å². The largest absolute Gasteiger partial charge is 0.573 e. The second kappa shape index (κ2) is 41.1. The van der Waals surface area contributed by atoms with Crippen molar-refractivity contribution in [2.75, 3.05) is 26.6 Å². The molecule has 17 aromatic rings. The molecule has 1 aliphatic carbocycles. The normalized spacial score (nSPS) is 12.1. The Bertz CT molecular complexity index is 7310. The quantitative estimate of drug-likeness (QED) is 0.0470. The first kappa shape index (κ1) is 99.3. The molecule has 716 valence electrons.